The molecule has 3 fully saturated rings. The quantitative estimate of drug-likeness (QED) is 0.384. The first-order valence-electron chi connectivity index (χ1n) is 14.8. The van der Waals surface area contributed by atoms with Crippen LogP contribution in [0.25, 0.3) is 0 Å². The van der Waals surface area contributed by atoms with Crippen LogP contribution < -0.4 is 0 Å². The number of fused-ring (bicyclic) bond motifs is 5. The lowest BCUT2D eigenvalue weighted by atomic mass is 9.37. The zero-order valence-electron chi connectivity index (χ0n) is 24.5. The number of carbonyl (C=O) groups excluding carboxylic acids is 2. The van der Waals surface area contributed by atoms with Crippen molar-refractivity contribution in [2.24, 2.45) is 51.2 Å². The molecule has 2 N–H and O–H groups in total. The third kappa shape index (κ3) is 3.69. The molecule has 5 rings (SSSR count). The Labute approximate surface area is 228 Å². The van der Waals surface area contributed by atoms with Gasteiger partial charge in [0, 0.05) is 29.6 Å². The number of allylic oxidation sites excluding steroid dienone is 3. The van der Waals surface area contributed by atoms with Gasteiger partial charge in [-0.2, -0.15) is 0 Å². The summed E-state index contributed by atoms with van der Waals surface area (Å²) in [7, 11) is 0. The number of rotatable bonds is 4. The number of hydrogen-bond donors (Lipinski definition) is 2. The van der Waals surface area contributed by atoms with Gasteiger partial charge in [0.1, 0.15) is 6.10 Å². The summed E-state index contributed by atoms with van der Waals surface area (Å²) in [6, 6.07) is 0. The Morgan fingerprint density at radius 3 is 2.50 bits per heavy atom. The zero-order chi connectivity index (χ0) is 28.0. The predicted molar refractivity (Wildman–Crippen MR) is 145 cm³/mol. The Morgan fingerprint density at radius 1 is 1.18 bits per heavy atom. The van der Waals surface area contributed by atoms with Crippen LogP contribution >= 0.6 is 0 Å². The van der Waals surface area contributed by atoms with Gasteiger partial charge in [0.2, 0.25) is 0 Å². The molecule has 0 radical (unpaired) electrons. The molecule has 2 saturated carbocycles. The number of hydrogen-bond acceptors (Lipinski definition) is 6. The van der Waals surface area contributed by atoms with Crippen LogP contribution in [0, 0.1) is 51.2 Å². The molecule has 0 aromatic heterocycles. The minimum atomic E-state index is -0.808. The van der Waals surface area contributed by atoms with E-state index in [0.717, 1.165) is 19.3 Å². The highest BCUT2D eigenvalue weighted by Crippen LogP contribution is 2.72. The summed E-state index contributed by atoms with van der Waals surface area (Å²) < 4.78 is 12.2. The molecule has 1 unspecified atom stereocenters. The molecule has 12 atom stereocenters. The SMILES string of the molecule is CCC(C)[C@@H]1C[C@H]([C@@H]2CC=C3[C@@]4(C)[C@H]([C@H](O)C[C@]32C)[C@@]2(C)C=CC(=O)C(C)(C)[C@@H]2C[C@H]4OC(C)=O)[C@@H](O)O1. The molecular weight excluding hydrogens is 480 g/mol. The maximum Gasteiger partial charge on any atom is 0.302 e. The summed E-state index contributed by atoms with van der Waals surface area (Å²) in [6.45, 7) is 16.4. The first kappa shape index (κ1) is 28.0. The highest BCUT2D eigenvalue weighted by atomic mass is 16.6. The smallest absolute Gasteiger partial charge is 0.302 e. The van der Waals surface area contributed by atoms with Crippen molar-refractivity contribution < 1.29 is 29.3 Å². The zero-order valence-corrected chi connectivity index (χ0v) is 24.5. The molecule has 6 nitrogen and oxygen atoms in total. The minimum Gasteiger partial charge on any atom is -0.462 e. The summed E-state index contributed by atoms with van der Waals surface area (Å²) in [5.41, 5.74) is -0.750. The Bertz CT molecular complexity index is 1060. The lowest BCUT2D eigenvalue weighted by molar-refractivity contribution is -0.211. The highest BCUT2D eigenvalue weighted by Gasteiger charge is 2.71. The van der Waals surface area contributed by atoms with Crippen LogP contribution in [0.2, 0.25) is 0 Å². The van der Waals surface area contributed by atoms with Gasteiger partial charge in [0.05, 0.1) is 12.2 Å². The van der Waals surface area contributed by atoms with Crippen molar-refractivity contribution in [2.45, 2.75) is 112 Å². The monoisotopic (exact) mass is 528 g/mol. The van der Waals surface area contributed by atoms with Gasteiger partial charge in [0.15, 0.2) is 12.1 Å². The van der Waals surface area contributed by atoms with Gasteiger partial charge in [-0.25, -0.2) is 0 Å². The first-order chi connectivity index (χ1) is 17.6. The maximum absolute atomic E-state index is 13.0. The van der Waals surface area contributed by atoms with Gasteiger partial charge in [0.25, 0.3) is 0 Å². The van der Waals surface area contributed by atoms with Crippen molar-refractivity contribution in [3.8, 4) is 0 Å². The van der Waals surface area contributed by atoms with Crippen molar-refractivity contribution in [3.63, 3.8) is 0 Å². The molecule has 0 spiro atoms. The fraction of sp³-hybridized carbons (Fsp3) is 0.812. The molecule has 4 aliphatic carbocycles. The van der Waals surface area contributed by atoms with Crippen molar-refractivity contribution in [3.05, 3.63) is 23.8 Å². The second-order valence-electron chi connectivity index (χ2n) is 14.4. The second kappa shape index (κ2) is 9.01. The standard InChI is InChI=1S/C32H48O6/c1-9-17(2)22-14-19(28(36)38-22)20-10-11-23-31(20,7)16-21(34)27-30(6)13-12-25(35)29(4,5)24(30)15-26(32(23,27)8)37-18(3)33/h11-13,17,19-22,24,26-28,34,36H,9-10,14-16H2,1-8H3/t17?,19-,20+,21-,22+,24+,26-,27-,28+,30+,31+,32-/m1/s1. The van der Waals surface area contributed by atoms with E-state index in [1.807, 2.05) is 19.9 Å². The van der Waals surface area contributed by atoms with E-state index in [0.29, 0.717) is 18.8 Å². The summed E-state index contributed by atoms with van der Waals surface area (Å²) in [5.74, 6) is -0.00964. The van der Waals surface area contributed by atoms with Gasteiger partial charge < -0.3 is 19.7 Å². The molecule has 0 amide bonds. The Kier molecular flexibility index (Phi) is 6.65. The van der Waals surface area contributed by atoms with E-state index < -0.39 is 34.7 Å². The van der Waals surface area contributed by atoms with Crippen LogP contribution in [0.1, 0.15) is 87.5 Å². The summed E-state index contributed by atoms with van der Waals surface area (Å²) in [5, 5.41) is 23.2. The molecule has 38 heavy (non-hydrogen) atoms. The molecule has 1 aliphatic heterocycles. The van der Waals surface area contributed by atoms with Crippen LogP contribution in [-0.4, -0.2) is 46.6 Å². The molecule has 0 bridgehead atoms. The van der Waals surface area contributed by atoms with Gasteiger partial charge in [-0.1, -0.05) is 72.6 Å². The molecule has 5 aliphatic rings. The average molecular weight is 529 g/mol. The van der Waals surface area contributed by atoms with Gasteiger partial charge in [-0.15, -0.1) is 0 Å². The summed E-state index contributed by atoms with van der Waals surface area (Å²) >= 11 is 0. The molecule has 1 heterocycles. The van der Waals surface area contributed by atoms with Crippen LogP contribution in [0.4, 0.5) is 0 Å². The van der Waals surface area contributed by atoms with E-state index in [-0.39, 0.29) is 46.9 Å². The van der Waals surface area contributed by atoms with E-state index in [2.05, 4.69) is 40.7 Å². The molecule has 212 valence electrons. The first-order valence-corrected chi connectivity index (χ1v) is 14.8. The third-order valence-corrected chi connectivity index (χ3v) is 12.2. The summed E-state index contributed by atoms with van der Waals surface area (Å²) in [4.78, 5) is 25.5. The number of ketones is 1. The van der Waals surface area contributed by atoms with Gasteiger partial charge in [-0.05, 0) is 60.3 Å². The Balaban J connectivity index is 1.58. The molecule has 0 aromatic rings. The topological polar surface area (TPSA) is 93.1 Å². The average Bonchev–Trinajstić information content (AvgIpc) is 3.36. The minimum absolute atomic E-state index is 0.00895. The predicted octanol–water partition coefficient (Wildman–Crippen LogP) is 5.22. The van der Waals surface area contributed by atoms with Crippen LogP contribution in [0.3, 0.4) is 0 Å². The molecular formula is C32H48O6. The fourth-order valence-corrected chi connectivity index (χ4v) is 10.2. The Hall–Kier alpha value is -1.50. The van der Waals surface area contributed by atoms with Crippen LogP contribution in [0.15, 0.2) is 23.8 Å². The lowest BCUT2D eigenvalue weighted by Gasteiger charge is -2.67. The normalized spacial score (nSPS) is 50.1. The third-order valence-electron chi connectivity index (χ3n) is 12.2. The Morgan fingerprint density at radius 2 is 1.87 bits per heavy atom. The van der Waals surface area contributed by atoms with Crippen molar-refractivity contribution in [1.29, 1.82) is 0 Å². The summed E-state index contributed by atoms with van der Waals surface area (Å²) in [6.07, 6.45) is 8.02. The highest BCUT2D eigenvalue weighted by molar-refractivity contribution is 5.95. The van der Waals surface area contributed by atoms with E-state index in [1.165, 1.54) is 12.5 Å². The largest absolute Gasteiger partial charge is 0.462 e. The number of aliphatic hydroxyl groups excluding tert-OH is 2. The number of ether oxygens (including phenoxy) is 2. The van der Waals surface area contributed by atoms with E-state index >= 15 is 0 Å². The molecule has 6 heteroatoms. The van der Waals surface area contributed by atoms with Crippen molar-refractivity contribution >= 4 is 11.8 Å². The second-order valence-corrected chi connectivity index (χ2v) is 14.4. The maximum atomic E-state index is 13.0. The van der Waals surface area contributed by atoms with E-state index in [4.69, 9.17) is 9.47 Å². The fourth-order valence-electron chi connectivity index (χ4n) is 10.2. The number of esters is 1. The van der Waals surface area contributed by atoms with E-state index in [9.17, 15) is 19.8 Å². The van der Waals surface area contributed by atoms with Crippen molar-refractivity contribution in [2.75, 3.05) is 0 Å². The molecule has 1 saturated heterocycles. The van der Waals surface area contributed by atoms with E-state index in [1.54, 1.807) is 6.08 Å². The lowest BCUT2D eigenvalue weighted by Crippen LogP contribution is -2.68. The number of aliphatic hydroxyl groups is 2. The molecule has 0 aromatic carbocycles. The van der Waals surface area contributed by atoms with Crippen molar-refractivity contribution in [1.82, 2.24) is 0 Å². The van der Waals surface area contributed by atoms with Crippen LogP contribution in [-0.2, 0) is 19.1 Å². The van der Waals surface area contributed by atoms with Crippen LogP contribution in [0.5, 0.6) is 0 Å². The van der Waals surface area contributed by atoms with Gasteiger partial charge >= 0.3 is 5.97 Å². The van der Waals surface area contributed by atoms with Gasteiger partial charge in [-0.3, -0.25) is 9.59 Å². The number of carbonyl (C=O) groups is 2.